The lowest BCUT2D eigenvalue weighted by molar-refractivity contribution is 0.265. The van der Waals surface area contributed by atoms with Crippen molar-refractivity contribution < 1.29 is 5.11 Å². The molecular formula is C11H16OS2. The molecule has 0 bridgehead atoms. The minimum absolute atomic E-state index is 0.0964. The van der Waals surface area contributed by atoms with Crippen LogP contribution in [0.4, 0.5) is 0 Å². The van der Waals surface area contributed by atoms with Crippen LogP contribution in [0.3, 0.4) is 0 Å². The van der Waals surface area contributed by atoms with E-state index in [-0.39, 0.29) is 11.4 Å². The van der Waals surface area contributed by atoms with E-state index in [0.29, 0.717) is 0 Å². The predicted octanol–water partition coefficient (Wildman–Crippen LogP) is 3.27. The van der Waals surface area contributed by atoms with Gasteiger partial charge in [-0.3, -0.25) is 0 Å². The van der Waals surface area contributed by atoms with Crippen molar-refractivity contribution in [1.29, 1.82) is 0 Å². The summed E-state index contributed by atoms with van der Waals surface area (Å²) in [6.07, 6.45) is 2.07. The lowest BCUT2D eigenvalue weighted by atomic mass is 10.2. The Morgan fingerprint density at radius 1 is 1.14 bits per heavy atom. The van der Waals surface area contributed by atoms with Gasteiger partial charge in [-0.15, -0.1) is 23.5 Å². The van der Waals surface area contributed by atoms with E-state index in [1.807, 2.05) is 13.8 Å². The van der Waals surface area contributed by atoms with Gasteiger partial charge in [0.25, 0.3) is 0 Å². The Labute approximate surface area is 94.3 Å². The fraction of sp³-hybridized carbons (Fsp3) is 0.455. The van der Waals surface area contributed by atoms with Gasteiger partial charge in [-0.25, -0.2) is 0 Å². The Morgan fingerprint density at radius 2 is 1.64 bits per heavy atom. The van der Waals surface area contributed by atoms with Crippen LogP contribution in [0.25, 0.3) is 0 Å². The molecular weight excluding hydrogens is 212 g/mol. The number of aliphatic hydroxyl groups is 1. The summed E-state index contributed by atoms with van der Waals surface area (Å²) in [5, 5.41) is 9.13. The number of hydrogen-bond acceptors (Lipinski definition) is 3. The van der Waals surface area contributed by atoms with Gasteiger partial charge in [-0.2, -0.15) is 0 Å². The molecule has 1 rings (SSSR count). The van der Waals surface area contributed by atoms with E-state index in [2.05, 4.69) is 30.5 Å². The smallest absolute Gasteiger partial charge is 0.0576 e. The maximum absolute atomic E-state index is 9.13. The summed E-state index contributed by atoms with van der Waals surface area (Å²) in [4.78, 5) is 2.48. The molecule has 0 aliphatic rings. The minimum Gasteiger partial charge on any atom is -0.395 e. The Morgan fingerprint density at radius 3 is 2.07 bits per heavy atom. The average molecular weight is 228 g/mol. The maximum Gasteiger partial charge on any atom is 0.0576 e. The zero-order valence-corrected chi connectivity index (χ0v) is 10.4. The van der Waals surface area contributed by atoms with E-state index < -0.39 is 0 Å². The van der Waals surface area contributed by atoms with Crippen molar-refractivity contribution in [3.63, 3.8) is 0 Å². The van der Waals surface area contributed by atoms with Gasteiger partial charge in [-0.1, -0.05) is 0 Å². The minimum atomic E-state index is -0.0964. The van der Waals surface area contributed by atoms with Crippen LogP contribution >= 0.6 is 23.5 Å². The number of rotatable bonds is 4. The van der Waals surface area contributed by atoms with Crippen LogP contribution in [0.1, 0.15) is 13.8 Å². The molecule has 0 amide bonds. The molecule has 1 aromatic carbocycles. The van der Waals surface area contributed by atoms with Crippen molar-refractivity contribution in [3.8, 4) is 0 Å². The molecule has 1 nitrogen and oxygen atoms in total. The van der Waals surface area contributed by atoms with Gasteiger partial charge in [0.2, 0.25) is 0 Å². The van der Waals surface area contributed by atoms with E-state index >= 15 is 0 Å². The molecule has 0 heterocycles. The van der Waals surface area contributed by atoms with Crippen LogP contribution < -0.4 is 0 Å². The van der Waals surface area contributed by atoms with Gasteiger partial charge in [0, 0.05) is 14.5 Å². The molecule has 1 aromatic rings. The summed E-state index contributed by atoms with van der Waals surface area (Å²) in [7, 11) is 0. The molecule has 0 fully saturated rings. The van der Waals surface area contributed by atoms with E-state index in [1.54, 1.807) is 23.5 Å². The number of benzene rings is 1. The van der Waals surface area contributed by atoms with Crippen LogP contribution in [0, 0.1) is 0 Å². The van der Waals surface area contributed by atoms with Gasteiger partial charge in [0.05, 0.1) is 6.61 Å². The summed E-state index contributed by atoms with van der Waals surface area (Å²) in [6, 6.07) is 8.43. The molecule has 0 aliphatic heterocycles. The van der Waals surface area contributed by atoms with Crippen molar-refractivity contribution in [2.75, 3.05) is 12.9 Å². The first-order valence-electron chi connectivity index (χ1n) is 4.51. The predicted molar refractivity (Wildman–Crippen MR) is 65.2 cm³/mol. The largest absolute Gasteiger partial charge is 0.395 e. The third kappa shape index (κ3) is 3.56. The Balaban J connectivity index is 2.69. The van der Waals surface area contributed by atoms with Crippen molar-refractivity contribution in [2.45, 2.75) is 28.4 Å². The normalized spacial score (nSPS) is 11.7. The average Bonchev–Trinajstić information content (AvgIpc) is 2.19. The lowest BCUT2D eigenvalue weighted by Gasteiger charge is -2.20. The van der Waals surface area contributed by atoms with Crippen LogP contribution in [-0.2, 0) is 0 Å². The molecule has 0 saturated heterocycles. The van der Waals surface area contributed by atoms with Crippen LogP contribution in [0.15, 0.2) is 34.1 Å². The first-order chi connectivity index (χ1) is 6.57. The lowest BCUT2D eigenvalue weighted by Crippen LogP contribution is -2.19. The molecule has 0 spiro atoms. The van der Waals surface area contributed by atoms with Crippen molar-refractivity contribution in [2.24, 2.45) is 0 Å². The zero-order valence-electron chi connectivity index (χ0n) is 8.78. The molecule has 1 N–H and O–H groups in total. The first kappa shape index (κ1) is 12.0. The molecule has 0 unspecified atom stereocenters. The fourth-order valence-electron chi connectivity index (χ4n) is 0.995. The summed E-state index contributed by atoms with van der Waals surface area (Å²) in [6.45, 7) is 4.28. The van der Waals surface area contributed by atoms with E-state index in [0.717, 1.165) is 0 Å². The van der Waals surface area contributed by atoms with Gasteiger partial charge in [-0.05, 0) is 44.4 Å². The first-order valence-corrected chi connectivity index (χ1v) is 6.55. The highest BCUT2D eigenvalue weighted by Crippen LogP contribution is 2.32. The van der Waals surface area contributed by atoms with Crippen molar-refractivity contribution >= 4 is 23.5 Å². The van der Waals surface area contributed by atoms with Crippen molar-refractivity contribution in [1.82, 2.24) is 0 Å². The van der Waals surface area contributed by atoms with Gasteiger partial charge < -0.3 is 5.11 Å². The fourth-order valence-corrected chi connectivity index (χ4v) is 2.38. The highest BCUT2D eigenvalue weighted by molar-refractivity contribution is 8.00. The summed E-state index contributed by atoms with van der Waals surface area (Å²) >= 11 is 3.45. The quantitative estimate of drug-likeness (QED) is 0.799. The molecule has 0 radical (unpaired) electrons. The molecule has 0 aliphatic carbocycles. The number of hydrogen-bond donors (Lipinski definition) is 1. The molecule has 78 valence electrons. The van der Waals surface area contributed by atoms with Gasteiger partial charge in [0.15, 0.2) is 0 Å². The second kappa shape index (κ2) is 5.10. The Kier molecular flexibility index (Phi) is 4.35. The summed E-state index contributed by atoms with van der Waals surface area (Å²) < 4.78 is -0.0964. The Bertz CT molecular complexity index is 280. The molecule has 0 aromatic heterocycles. The number of aliphatic hydroxyl groups excluding tert-OH is 1. The third-order valence-electron chi connectivity index (χ3n) is 1.83. The molecule has 3 heteroatoms. The molecule has 14 heavy (non-hydrogen) atoms. The van der Waals surface area contributed by atoms with E-state index in [1.165, 1.54) is 9.79 Å². The highest BCUT2D eigenvalue weighted by atomic mass is 32.2. The second-order valence-electron chi connectivity index (χ2n) is 3.70. The van der Waals surface area contributed by atoms with Crippen molar-refractivity contribution in [3.05, 3.63) is 24.3 Å². The topological polar surface area (TPSA) is 20.2 Å². The molecule has 0 saturated carbocycles. The van der Waals surface area contributed by atoms with Crippen LogP contribution in [0.5, 0.6) is 0 Å². The van der Waals surface area contributed by atoms with Crippen LogP contribution in [0.2, 0.25) is 0 Å². The highest BCUT2D eigenvalue weighted by Gasteiger charge is 2.17. The third-order valence-corrected chi connectivity index (χ3v) is 3.77. The van der Waals surface area contributed by atoms with E-state index in [9.17, 15) is 0 Å². The number of thioether (sulfide) groups is 2. The molecule has 0 atom stereocenters. The summed E-state index contributed by atoms with van der Waals surface area (Å²) in [5.74, 6) is 0. The van der Waals surface area contributed by atoms with E-state index in [4.69, 9.17) is 5.11 Å². The standard InChI is InChI=1S/C11H16OS2/c1-11(2,8-12)14-10-6-4-9(13-3)5-7-10/h4-7,12H,8H2,1-3H3. The monoisotopic (exact) mass is 228 g/mol. The zero-order chi connectivity index (χ0) is 10.6. The van der Waals surface area contributed by atoms with Gasteiger partial charge >= 0.3 is 0 Å². The Hall–Kier alpha value is -0.120. The van der Waals surface area contributed by atoms with Gasteiger partial charge in [0.1, 0.15) is 0 Å². The maximum atomic E-state index is 9.13. The SMILES string of the molecule is CSc1ccc(SC(C)(C)CO)cc1. The second-order valence-corrected chi connectivity index (χ2v) is 6.36. The van der Waals surface area contributed by atoms with Crippen LogP contribution in [-0.4, -0.2) is 22.7 Å². The summed E-state index contributed by atoms with van der Waals surface area (Å²) in [5.41, 5.74) is 0.